The monoisotopic (exact) mass is 275 g/mol. The average Bonchev–Trinajstić information content (AvgIpc) is 2.86. The summed E-state index contributed by atoms with van der Waals surface area (Å²) in [6.07, 6.45) is 2.49. The van der Waals surface area contributed by atoms with Gasteiger partial charge in [0.15, 0.2) is 5.78 Å². The second-order valence-corrected chi connectivity index (χ2v) is 5.34. The van der Waals surface area contributed by atoms with Crippen LogP contribution in [0, 0.1) is 6.92 Å². The molecule has 4 nitrogen and oxygen atoms in total. The first-order chi connectivity index (χ1) is 9.22. The van der Waals surface area contributed by atoms with Crippen molar-refractivity contribution in [3.8, 4) is 0 Å². The third-order valence-corrected chi connectivity index (χ3v) is 3.97. The molecule has 0 saturated carbocycles. The van der Waals surface area contributed by atoms with Crippen LogP contribution < -0.4 is 0 Å². The Balaban J connectivity index is 2.02. The van der Waals surface area contributed by atoms with Crippen LogP contribution in [0.2, 0.25) is 0 Å². The molecule has 0 aliphatic heterocycles. The highest BCUT2D eigenvalue weighted by molar-refractivity contribution is 8.00. The molecule has 19 heavy (non-hydrogen) atoms. The third-order valence-electron chi connectivity index (χ3n) is 2.79. The first-order valence-electron chi connectivity index (χ1n) is 6.32. The minimum atomic E-state index is 0.0757. The summed E-state index contributed by atoms with van der Waals surface area (Å²) in [7, 11) is 0. The van der Waals surface area contributed by atoms with Gasteiger partial charge in [0.1, 0.15) is 5.69 Å². The lowest BCUT2D eigenvalue weighted by Gasteiger charge is -2.05. The Morgan fingerprint density at radius 1 is 1.37 bits per heavy atom. The zero-order valence-corrected chi connectivity index (χ0v) is 12.0. The number of carbonyl (C=O) groups is 1. The Kier molecular flexibility index (Phi) is 4.74. The molecule has 0 N–H and O–H groups in total. The fraction of sp³-hybridized carbons (Fsp3) is 0.357. The van der Waals surface area contributed by atoms with Crippen molar-refractivity contribution in [1.29, 1.82) is 0 Å². The molecule has 0 amide bonds. The van der Waals surface area contributed by atoms with E-state index < -0.39 is 0 Å². The van der Waals surface area contributed by atoms with Crippen molar-refractivity contribution in [1.82, 2.24) is 15.0 Å². The minimum absolute atomic E-state index is 0.0757. The number of thioether (sulfide) groups is 1. The molecular weight excluding hydrogens is 258 g/mol. The fourth-order valence-electron chi connectivity index (χ4n) is 1.79. The van der Waals surface area contributed by atoms with E-state index in [0.717, 1.165) is 17.9 Å². The molecule has 1 heterocycles. The third kappa shape index (κ3) is 3.44. The Hall–Kier alpha value is -1.62. The van der Waals surface area contributed by atoms with Crippen molar-refractivity contribution < 1.29 is 4.79 Å². The van der Waals surface area contributed by atoms with Crippen LogP contribution in [0.1, 0.15) is 29.4 Å². The first kappa shape index (κ1) is 13.8. The quantitative estimate of drug-likeness (QED) is 0.600. The standard InChI is InChI=1S/C14H17N3OS/c1-3-8-17-12(9-15-16-17)13(18)10-19-14-7-5-4-6-11(14)2/h4-7,9H,3,8,10H2,1-2H3. The summed E-state index contributed by atoms with van der Waals surface area (Å²) in [5, 5.41) is 7.75. The Bertz CT molecular complexity index is 565. The van der Waals surface area contributed by atoms with Crippen LogP contribution in [0.4, 0.5) is 0 Å². The van der Waals surface area contributed by atoms with Gasteiger partial charge in [-0.1, -0.05) is 30.3 Å². The van der Waals surface area contributed by atoms with Gasteiger partial charge < -0.3 is 0 Å². The zero-order valence-electron chi connectivity index (χ0n) is 11.2. The number of hydrogen-bond acceptors (Lipinski definition) is 4. The molecule has 0 bridgehead atoms. The largest absolute Gasteiger partial charge is 0.291 e. The Morgan fingerprint density at radius 3 is 2.89 bits per heavy atom. The average molecular weight is 275 g/mol. The number of aromatic nitrogens is 3. The zero-order chi connectivity index (χ0) is 13.7. The van der Waals surface area contributed by atoms with Gasteiger partial charge >= 0.3 is 0 Å². The van der Waals surface area contributed by atoms with Crippen LogP contribution in [-0.2, 0) is 6.54 Å². The molecule has 0 radical (unpaired) electrons. The van der Waals surface area contributed by atoms with Crippen molar-refractivity contribution in [2.24, 2.45) is 0 Å². The lowest BCUT2D eigenvalue weighted by Crippen LogP contribution is -2.12. The molecule has 1 aromatic heterocycles. The van der Waals surface area contributed by atoms with Crippen molar-refractivity contribution >= 4 is 17.5 Å². The summed E-state index contributed by atoms with van der Waals surface area (Å²) in [4.78, 5) is 13.3. The minimum Gasteiger partial charge on any atom is -0.291 e. The van der Waals surface area contributed by atoms with Gasteiger partial charge in [-0.3, -0.25) is 4.79 Å². The predicted molar refractivity (Wildman–Crippen MR) is 76.5 cm³/mol. The molecule has 0 aliphatic rings. The maximum absolute atomic E-state index is 12.2. The number of ketones is 1. The molecule has 0 spiro atoms. The highest BCUT2D eigenvalue weighted by atomic mass is 32.2. The van der Waals surface area contributed by atoms with Crippen LogP contribution in [0.5, 0.6) is 0 Å². The van der Waals surface area contributed by atoms with E-state index in [4.69, 9.17) is 0 Å². The summed E-state index contributed by atoms with van der Waals surface area (Å²) in [5.74, 6) is 0.494. The second kappa shape index (κ2) is 6.52. The van der Waals surface area contributed by atoms with Gasteiger partial charge in [-0.05, 0) is 25.0 Å². The summed E-state index contributed by atoms with van der Waals surface area (Å²) in [6, 6.07) is 8.08. The van der Waals surface area contributed by atoms with Gasteiger partial charge in [-0.15, -0.1) is 16.9 Å². The van der Waals surface area contributed by atoms with Gasteiger partial charge in [-0.25, -0.2) is 4.68 Å². The number of Topliss-reactive ketones (excluding diaryl/α,β-unsaturated/α-hetero) is 1. The summed E-state index contributed by atoms with van der Waals surface area (Å²) >= 11 is 1.56. The van der Waals surface area contributed by atoms with Gasteiger partial charge in [-0.2, -0.15) is 0 Å². The van der Waals surface area contributed by atoms with Gasteiger partial charge in [0.2, 0.25) is 0 Å². The molecular formula is C14H17N3OS. The maximum Gasteiger partial charge on any atom is 0.192 e. The number of hydrogen-bond donors (Lipinski definition) is 0. The number of rotatable bonds is 6. The van der Waals surface area contributed by atoms with E-state index in [-0.39, 0.29) is 5.78 Å². The fourth-order valence-corrected chi connectivity index (χ4v) is 2.69. The number of nitrogens with zero attached hydrogens (tertiary/aromatic N) is 3. The molecule has 0 fully saturated rings. The van der Waals surface area contributed by atoms with E-state index in [1.165, 1.54) is 5.56 Å². The SMILES string of the molecule is CCCn1nncc1C(=O)CSc1ccccc1C. The Morgan fingerprint density at radius 2 is 2.16 bits per heavy atom. The Labute approximate surface area is 117 Å². The number of benzene rings is 1. The smallest absolute Gasteiger partial charge is 0.192 e. The van der Waals surface area contributed by atoms with Crippen LogP contribution in [0.3, 0.4) is 0 Å². The van der Waals surface area contributed by atoms with Crippen molar-refractivity contribution in [3.05, 3.63) is 41.7 Å². The lowest BCUT2D eigenvalue weighted by molar-refractivity contribution is 0.101. The van der Waals surface area contributed by atoms with Crippen LogP contribution >= 0.6 is 11.8 Å². The molecule has 0 unspecified atom stereocenters. The molecule has 0 aliphatic carbocycles. The summed E-state index contributed by atoms with van der Waals surface area (Å²) in [5.41, 5.74) is 1.79. The summed E-state index contributed by atoms with van der Waals surface area (Å²) in [6.45, 7) is 4.84. The van der Waals surface area contributed by atoms with E-state index in [1.807, 2.05) is 18.2 Å². The predicted octanol–water partition coefficient (Wildman–Crippen LogP) is 2.97. The van der Waals surface area contributed by atoms with Crippen molar-refractivity contribution in [3.63, 3.8) is 0 Å². The van der Waals surface area contributed by atoms with E-state index in [1.54, 1.807) is 22.6 Å². The van der Waals surface area contributed by atoms with Crippen LogP contribution in [0.25, 0.3) is 0 Å². The molecule has 2 rings (SSSR count). The maximum atomic E-state index is 12.2. The molecule has 1 aromatic carbocycles. The normalized spacial score (nSPS) is 10.6. The molecule has 5 heteroatoms. The first-order valence-corrected chi connectivity index (χ1v) is 7.31. The topological polar surface area (TPSA) is 47.8 Å². The van der Waals surface area contributed by atoms with Gasteiger partial charge in [0.05, 0.1) is 11.9 Å². The molecule has 0 saturated heterocycles. The highest BCUT2D eigenvalue weighted by Gasteiger charge is 2.13. The highest BCUT2D eigenvalue weighted by Crippen LogP contribution is 2.22. The van der Waals surface area contributed by atoms with Crippen molar-refractivity contribution in [2.75, 3.05) is 5.75 Å². The number of carbonyl (C=O) groups excluding carboxylic acids is 1. The number of aryl methyl sites for hydroxylation is 2. The van der Waals surface area contributed by atoms with Gasteiger partial charge in [0.25, 0.3) is 0 Å². The molecule has 0 atom stereocenters. The van der Waals surface area contributed by atoms with Gasteiger partial charge in [0, 0.05) is 11.4 Å². The van der Waals surface area contributed by atoms with Crippen LogP contribution in [-0.4, -0.2) is 26.5 Å². The van der Waals surface area contributed by atoms with E-state index >= 15 is 0 Å². The van der Waals surface area contributed by atoms with E-state index in [0.29, 0.717) is 11.4 Å². The molecule has 2 aromatic rings. The lowest BCUT2D eigenvalue weighted by atomic mass is 10.2. The van der Waals surface area contributed by atoms with E-state index in [9.17, 15) is 4.79 Å². The molecule has 100 valence electrons. The van der Waals surface area contributed by atoms with Crippen molar-refractivity contribution in [2.45, 2.75) is 31.7 Å². The summed E-state index contributed by atoms with van der Waals surface area (Å²) < 4.78 is 1.68. The van der Waals surface area contributed by atoms with E-state index in [2.05, 4.69) is 30.2 Å². The van der Waals surface area contributed by atoms with Crippen LogP contribution in [0.15, 0.2) is 35.4 Å². The second-order valence-electron chi connectivity index (χ2n) is 4.32.